The predicted molar refractivity (Wildman–Crippen MR) is 214 cm³/mol. The molecule has 1 fully saturated rings. The van der Waals surface area contributed by atoms with Crippen LogP contribution in [0.1, 0.15) is 95.4 Å². The van der Waals surface area contributed by atoms with Crippen LogP contribution in [0, 0.1) is 11.8 Å². The van der Waals surface area contributed by atoms with Crippen LogP contribution in [0.15, 0.2) is 67.4 Å². The maximum Gasteiger partial charge on any atom is 0.411 e. The zero-order valence-electron chi connectivity index (χ0n) is 33.2. The van der Waals surface area contributed by atoms with E-state index in [1.165, 1.54) is 11.2 Å². The number of aromatic nitrogens is 3. The minimum atomic E-state index is -1.24. The Morgan fingerprint density at radius 3 is 2.29 bits per heavy atom. The predicted octanol–water partition coefficient (Wildman–Crippen LogP) is 3.97. The summed E-state index contributed by atoms with van der Waals surface area (Å²) >= 11 is 0. The Bertz CT molecular complexity index is 1630. The number of carbonyl (C=O) groups is 4. The monoisotopic (exact) mass is 774 g/mol. The van der Waals surface area contributed by atoms with E-state index in [2.05, 4.69) is 25.6 Å². The number of nitrogens with one attached hydrogen (secondary N) is 3. The SMILES string of the molecule is CC(C)(C)OC(=O)N([C@@H](Cc1ccccc1)C(=O)N[C@@H](Cc1c[nH]cn1)C(N)=O)[C@@H](CC1CCCCC1)[C@@H](O)C[C@@H](Cc1ccncc1)C(=O)NCCCCN. The molecular weight excluding hydrogens is 713 g/mol. The molecule has 4 amide bonds. The molecule has 56 heavy (non-hydrogen) atoms. The zero-order chi connectivity index (χ0) is 40.5. The van der Waals surface area contributed by atoms with Crippen LogP contribution in [0.5, 0.6) is 0 Å². The fourth-order valence-corrected chi connectivity index (χ4v) is 7.45. The number of ether oxygens (including phenoxy) is 1. The lowest BCUT2D eigenvalue weighted by Crippen LogP contribution is -2.61. The summed E-state index contributed by atoms with van der Waals surface area (Å²) in [7, 11) is 0. The number of H-pyrrole nitrogens is 1. The molecule has 5 atom stereocenters. The molecule has 3 aromatic rings. The molecule has 1 saturated carbocycles. The van der Waals surface area contributed by atoms with E-state index in [0.717, 1.165) is 49.7 Å². The van der Waals surface area contributed by atoms with Crippen molar-refractivity contribution in [1.29, 1.82) is 0 Å². The number of benzene rings is 1. The molecule has 306 valence electrons. The van der Waals surface area contributed by atoms with E-state index in [0.29, 0.717) is 38.0 Å². The van der Waals surface area contributed by atoms with E-state index in [1.807, 2.05) is 42.5 Å². The van der Waals surface area contributed by atoms with E-state index < -0.39 is 53.7 Å². The van der Waals surface area contributed by atoms with Gasteiger partial charge < -0.3 is 36.9 Å². The van der Waals surface area contributed by atoms with Crippen molar-refractivity contribution in [2.24, 2.45) is 23.3 Å². The third-order valence-electron chi connectivity index (χ3n) is 10.3. The summed E-state index contributed by atoms with van der Waals surface area (Å²) in [6.45, 7) is 6.18. The van der Waals surface area contributed by atoms with Gasteiger partial charge in [-0.25, -0.2) is 9.78 Å². The number of nitrogens with two attached hydrogens (primary N) is 2. The van der Waals surface area contributed by atoms with Crippen molar-refractivity contribution in [1.82, 2.24) is 30.5 Å². The van der Waals surface area contributed by atoms with Crippen molar-refractivity contribution in [3.63, 3.8) is 0 Å². The highest BCUT2D eigenvalue weighted by molar-refractivity contribution is 5.91. The summed E-state index contributed by atoms with van der Waals surface area (Å²) in [6.07, 6.45) is 11.6. The molecular formula is C42H62N8O6. The van der Waals surface area contributed by atoms with Crippen molar-refractivity contribution in [3.8, 4) is 0 Å². The molecule has 1 aliphatic carbocycles. The second-order valence-corrected chi connectivity index (χ2v) is 16.0. The number of rotatable bonds is 21. The first kappa shape index (κ1) is 43.9. The Labute approximate surface area is 330 Å². The number of aliphatic hydroxyl groups is 1. The van der Waals surface area contributed by atoms with Crippen LogP contribution in [0.2, 0.25) is 0 Å². The highest BCUT2D eigenvalue weighted by atomic mass is 16.6. The van der Waals surface area contributed by atoms with Gasteiger partial charge in [0.05, 0.1) is 24.2 Å². The topological polar surface area (TPSA) is 219 Å². The quantitative estimate of drug-likeness (QED) is 0.0862. The molecule has 0 aliphatic heterocycles. The number of hydrogen-bond acceptors (Lipinski definition) is 9. The smallest absolute Gasteiger partial charge is 0.411 e. The summed E-state index contributed by atoms with van der Waals surface area (Å²) in [4.78, 5) is 68.6. The van der Waals surface area contributed by atoms with Crippen LogP contribution >= 0.6 is 0 Å². The van der Waals surface area contributed by atoms with Gasteiger partial charge in [0.15, 0.2) is 0 Å². The number of hydrogen-bond donors (Lipinski definition) is 6. The molecule has 1 aliphatic rings. The number of aliphatic hydroxyl groups excluding tert-OH is 1. The summed E-state index contributed by atoms with van der Waals surface area (Å²) in [5, 5.41) is 18.4. The van der Waals surface area contributed by atoms with Crippen LogP contribution < -0.4 is 22.1 Å². The summed E-state index contributed by atoms with van der Waals surface area (Å²) in [5.74, 6) is -2.14. The molecule has 0 radical (unpaired) electrons. The molecule has 0 saturated heterocycles. The normalized spacial score (nSPS) is 16.2. The lowest BCUT2D eigenvalue weighted by atomic mass is 9.81. The van der Waals surface area contributed by atoms with E-state index in [4.69, 9.17) is 16.2 Å². The summed E-state index contributed by atoms with van der Waals surface area (Å²) < 4.78 is 6.04. The van der Waals surface area contributed by atoms with Gasteiger partial charge in [0.25, 0.3) is 0 Å². The van der Waals surface area contributed by atoms with Gasteiger partial charge in [-0.3, -0.25) is 24.3 Å². The van der Waals surface area contributed by atoms with Gasteiger partial charge >= 0.3 is 6.09 Å². The average molecular weight is 775 g/mol. The van der Waals surface area contributed by atoms with Crippen molar-refractivity contribution in [2.75, 3.05) is 13.1 Å². The molecule has 14 nitrogen and oxygen atoms in total. The third-order valence-corrected chi connectivity index (χ3v) is 10.3. The highest BCUT2D eigenvalue weighted by Crippen LogP contribution is 2.33. The fraction of sp³-hybridized carbons (Fsp3) is 0.571. The van der Waals surface area contributed by atoms with Crippen molar-refractivity contribution < 1.29 is 29.0 Å². The Kier molecular flexibility index (Phi) is 17.3. The van der Waals surface area contributed by atoms with Crippen LogP contribution in [-0.2, 0) is 38.4 Å². The summed E-state index contributed by atoms with van der Waals surface area (Å²) in [6, 6.07) is 9.63. The molecule has 2 heterocycles. The van der Waals surface area contributed by atoms with Gasteiger partial charge in [0, 0.05) is 43.9 Å². The number of primary amides is 1. The molecule has 8 N–H and O–H groups in total. The van der Waals surface area contributed by atoms with Crippen LogP contribution in [0.25, 0.3) is 0 Å². The van der Waals surface area contributed by atoms with Crippen molar-refractivity contribution in [3.05, 3.63) is 84.2 Å². The molecule has 4 rings (SSSR count). The number of unbranched alkanes of at least 4 members (excludes halogenated alkanes) is 1. The van der Waals surface area contributed by atoms with Gasteiger partial charge in [-0.05, 0) is 88.6 Å². The van der Waals surface area contributed by atoms with E-state index in [1.54, 1.807) is 39.4 Å². The average Bonchev–Trinajstić information content (AvgIpc) is 3.69. The zero-order valence-corrected chi connectivity index (χ0v) is 33.2. The maximum atomic E-state index is 14.7. The highest BCUT2D eigenvalue weighted by Gasteiger charge is 2.43. The molecule has 0 bridgehead atoms. The van der Waals surface area contributed by atoms with E-state index in [-0.39, 0.29) is 31.1 Å². The first-order chi connectivity index (χ1) is 26.8. The van der Waals surface area contributed by atoms with Crippen LogP contribution in [-0.4, -0.2) is 91.7 Å². The standard InChI is InChI=1S/C42H62N8O6/c1-42(2,3)56-41(55)50(36(24-30-14-8-5-9-15-30)40(54)49-34(38(44)52)26-33-27-46-28-48-33)35(23-29-12-6-4-7-13-29)37(51)25-32(22-31-16-20-45-21-17-31)39(53)47-19-11-10-18-43/h5,8-9,14-17,20-21,27-29,32,34-37,51H,4,6-7,10-13,18-19,22-26,43H2,1-3H3,(H2,44,52)(H,46,48)(H,47,53)(H,49,54)/t32-,34+,35+,36+,37+/m1/s1. The molecule has 0 unspecified atom stereocenters. The van der Waals surface area contributed by atoms with Crippen LogP contribution in [0.3, 0.4) is 0 Å². The maximum absolute atomic E-state index is 14.7. The minimum Gasteiger partial charge on any atom is -0.444 e. The van der Waals surface area contributed by atoms with Crippen LogP contribution in [0.4, 0.5) is 4.79 Å². The molecule has 14 heteroatoms. The van der Waals surface area contributed by atoms with E-state index >= 15 is 0 Å². The Balaban J connectivity index is 1.79. The van der Waals surface area contributed by atoms with Crippen molar-refractivity contribution in [2.45, 2.75) is 128 Å². The number of imidazole rings is 1. The molecule has 0 spiro atoms. The number of nitrogens with zero attached hydrogens (tertiary/aromatic N) is 3. The fourth-order valence-electron chi connectivity index (χ4n) is 7.45. The minimum absolute atomic E-state index is 0.00444. The first-order valence-corrected chi connectivity index (χ1v) is 20.0. The Morgan fingerprint density at radius 1 is 0.964 bits per heavy atom. The first-order valence-electron chi connectivity index (χ1n) is 20.0. The molecule has 2 aromatic heterocycles. The van der Waals surface area contributed by atoms with E-state index in [9.17, 15) is 24.3 Å². The van der Waals surface area contributed by atoms with Crippen molar-refractivity contribution >= 4 is 23.8 Å². The lowest BCUT2D eigenvalue weighted by molar-refractivity contribution is -0.133. The van der Waals surface area contributed by atoms with Gasteiger partial charge in [0.2, 0.25) is 17.7 Å². The summed E-state index contributed by atoms with van der Waals surface area (Å²) in [5.41, 5.74) is 12.7. The lowest BCUT2D eigenvalue weighted by Gasteiger charge is -2.42. The van der Waals surface area contributed by atoms with Gasteiger partial charge in [-0.2, -0.15) is 0 Å². The largest absolute Gasteiger partial charge is 0.444 e. The second-order valence-electron chi connectivity index (χ2n) is 16.0. The number of carbonyl (C=O) groups excluding carboxylic acids is 4. The Morgan fingerprint density at radius 2 is 1.66 bits per heavy atom. The second kappa shape index (κ2) is 22.1. The Hall–Kier alpha value is -4.82. The number of amides is 4. The molecule has 1 aromatic carbocycles. The third kappa shape index (κ3) is 14.4. The van der Waals surface area contributed by atoms with Gasteiger partial charge in [-0.1, -0.05) is 62.4 Å². The number of aromatic amines is 1. The van der Waals surface area contributed by atoms with Gasteiger partial charge in [0.1, 0.15) is 17.7 Å². The number of pyridine rings is 1. The van der Waals surface area contributed by atoms with Gasteiger partial charge in [-0.15, -0.1) is 0 Å².